The van der Waals surface area contributed by atoms with Gasteiger partial charge in [-0.15, -0.1) is 0 Å². The minimum Gasteiger partial charge on any atom is -0.480 e. The highest BCUT2D eigenvalue weighted by molar-refractivity contribution is 5.91. The van der Waals surface area contributed by atoms with E-state index in [1.54, 1.807) is 0 Å². The molecule has 3 fully saturated rings. The van der Waals surface area contributed by atoms with Crippen molar-refractivity contribution in [2.75, 3.05) is 0 Å². The quantitative estimate of drug-likeness (QED) is 0.585. The summed E-state index contributed by atoms with van der Waals surface area (Å²) in [6.45, 7) is 6.04. The van der Waals surface area contributed by atoms with Crippen molar-refractivity contribution in [1.82, 2.24) is 5.32 Å². The van der Waals surface area contributed by atoms with E-state index in [2.05, 4.69) is 19.2 Å². The van der Waals surface area contributed by atoms with Gasteiger partial charge in [-0.1, -0.05) is 19.4 Å². The number of carboxylic acids is 1. The molecule has 0 radical (unpaired) electrons. The first-order chi connectivity index (χ1) is 15.5. The molecule has 3 saturated carbocycles. The van der Waals surface area contributed by atoms with Gasteiger partial charge in [0, 0.05) is 18.3 Å². The number of carboxylic acid groups (broad SMARTS) is 1. The number of amides is 1. The van der Waals surface area contributed by atoms with Crippen molar-refractivity contribution >= 4 is 23.6 Å². The molecule has 0 aliphatic heterocycles. The molecule has 0 aromatic carbocycles. The maximum atomic E-state index is 12.5. The van der Waals surface area contributed by atoms with Gasteiger partial charge in [-0.05, 0) is 81.1 Å². The summed E-state index contributed by atoms with van der Waals surface area (Å²) in [6, 6.07) is -0.979. The Morgan fingerprint density at radius 2 is 1.85 bits per heavy atom. The number of ketones is 1. The van der Waals surface area contributed by atoms with E-state index >= 15 is 0 Å². The van der Waals surface area contributed by atoms with Crippen LogP contribution in [0.4, 0.5) is 0 Å². The number of ether oxygens (including phenoxy) is 1. The molecule has 4 rings (SSSR count). The van der Waals surface area contributed by atoms with Crippen molar-refractivity contribution in [3.63, 3.8) is 0 Å². The van der Waals surface area contributed by atoms with E-state index in [-0.39, 0.29) is 41.5 Å². The zero-order valence-electron chi connectivity index (χ0n) is 20.0. The Morgan fingerprint density at radius 3 is 2.58 bits per heavy atom. The van der Waals surface area contributed by atoms with Gasteiger partial charge in [0.1, 0.15) is 12.1 Å². The van der Waals surface area contributed by atoms with Gasteiger partial charge in [0.05, 0.1) is 6.42 Å². The molecule has 7 atom stereocenters. The zero-order valence-corrected chi connectivity index (χ0v) is 20.0. The van der Waals surface area contributed by atoms with Crippen molar-refractivity contribution in [2.24, 2.45) is 28.6 Å². The number of fused-ring (bicyclic) bond motifs is 5. The second kappa shape index (κ2) is 8.88. The molecule has 0 bridgehead atoms. The standard InChI is InChI=1S/C26H37NO6/c1-15(24(31)32)27-22(29)8-9-23(30)33-21-7-6-19-18-5-4-16-14-17(28)10-12-25(16,2)20(18)11-13-26(19,21)3/h14-15,18-21H,4-13H2,1-3H3,(H,27,29)(H,31,32)/t15-,18-,19-,20-,21-,25-,26-/m0/s1. The number of aliphatic carboxylic acids is 1. The molecule has 4 aliphatic carbocycles. The maximum absolute atomic E-state index is 12.5. The Morgan fingerprint density at radius 1 is 1.09 bits per heavy atom. The van der Waals surface area contributed by atoms with Gasteiger partial charge in [-0.3, -0.25) is 19.2 Å². The van der Waals surface area contributed by atoms with E-state index in [1.807, 2.05) is 6.08 Å². The van der Waals surface area contributed by atoms with Crippen molar-refractivity contribution in [1.29, 1.82) is 0 Å². The summed E-state index contributed by atoms with van der Waals surface area (Å²) in [5.74, 6) is 0.0526. The predicted octanol–water partition coefficient (Wildman–Crippen LogP) is 3.80. The lowest BCUT2D eigenvalue weighted by Crippen LogP contribution is -2.51. The third kappa shape index (κ3) is 4.35. The molecule has 4 aliphatic rings. The van der Waals surface area contributed by atoms with Gasteiger partial charge in [-0.2, -0.15) is 0 Å². The fraction of sp³-hybridized carbons (Fsp3) is 0.769. The summed E-state index contributed by atoms with van der Waals surface area (Å²) in [4.78, 5) is 47.3. The molecule has 2 N–H and O–H groups in total. The normalized spacial score (nSPS) is 38.3. The second-order valence-electron chi connectivity index (χ2n) is 11.2. The van der Waals surface area contributed by atoms with Crippen LogP contribution >= 0.6 is 0 Å². The number of hydrogen-bond acceptors (Lipinski definition) is 5. The van der Waals surface area contributed by atoms with Crippen LogP contribution in [0.5, 0.6) is 0 Å². The van der Waals surface area contributed by atoms with E-state index in [4.69, 9.17) is 9.84 Å². The third-order valence-corrected chi connectivity index (χ3v) is 9.45. The van der Waals surface area contributed by atoms with E-state index in [1.165, 1.54) is 12.5 Å². The molecule has 0 aromatic rings. The summed E-state index contributed by atoms with van der Waals surface area (Å²) in [7, 11) is 0. The van der Waals surface area contributed by atoms with Crippen molar-refractivity contribution in [3.05, 3.63) is 11.6 Å². The maximum Gasteiger partial charge on any atom is 0.325 e. The molecule has 0 spiro atoms. The number of allylic oxidation sites excluding steroid dienone is 1. The number of hydrogen-bond donors (Lipinski definition) is 2. The van der Waals surface area contributed by atoms with Crippen molar-refractivity contribution in [3.8, 4) is 0 Å². The molecular weight excluding hydrogens is 422 g/mol. The van der Waals surface area contributed by atoms with Gasteiger partial charge >= 0.3 is 11.9 Å². The smallest absolute Gasteiger partial charge is 0.325 e. The predicted molar refractivity (Wildman–Crippen MR) is 121 cm³/mol. The zero-order chi connectivity index (χ0) is 24.0. The van der Waals surface area contributed by atoms with E-state index in [9.17, 15) is 19.2 Å². The fourth-order valence-corrected chi connectivity index (χ4v) is 7.51. The Bertz CT molecular complexity index is 880. The fourth-order valence-electron chi connectivity index (χ4n) is 7.51. The highest BCUT2D eigenvalue weighted by Gasteiger charge is 2.59. The third-order valence-electron chi connectivity index (χ3n) is 9.45. The molecule has 1 amide bonds. The average molecular weight is 460 g/mol. The van der Waals surface area contributed by atoms with Gasteiger partial charge in [0.25, 0.3) is 0 Å². The van der Waals surface area contributed by atoms with Gasteiger partial charge < -0.3 is 15.2 Å². The lowest BCUT2D eigenvalue weighted by Gasteiger charge is -2.57. The van der Waals surface area contributed by atoms with Crippen LogP contribution in [-0.4, -0.2) is 40.9 Å². The van der Waals surface area contributed by atoms with E-state index < -0.39 is 17.9 Å². The highest BCUT2D eigenvalue weighted by Crippen LogP contribution is 2.65. The SMILES string of the molecule is C[C@H](NC(=O)CCC(=O)O[C@H]1CC[C@H]2[C@@H]3CCC4=CC(=O)CC[C@]4(C)[C@H]3CC[C@]12C)C(=O)O. The first kappa shape index (κ1) is 24.0. The van der Waals surface area contributed by atoms with E-state index in [0.717, 1.165) is 44.9 Å². The summed E-state index contributed by atoms with van der Waals surface area (Å²) >= 11 is 0. The Balaban J connectivity index is 1.37. The molecule has 0 saturated heterocycles. The molecule has 7 heteroatoms. The van der Waals surface area contributed by atoms with Crippen molar-refractivity contribution < 1.29 is 29.0 Å². The molecule has 182 valence electrons. The van der Waals surface area contributed by atoms with Crippen LogP contribution < -0.4 is 5.32 Å². The number of rotatable bonds is 6. The molecule has 0 aromatic heterocycles. The van der Waals surface area contributed by atoms with Crippen LogP contribution in [0.25, 0.3) is 0 Å². The molecule has 33 heavy (non-hydrogen) atoms. The minimum atomic E-state index is -1.11. The lowest BCUT2D eigenvalue weighted by molar-refractivity contribution is -0.160. The minimum absolute atomic E-state index is 0.0400. The average Bonchev–Trinajstić information content (AvgIpc) is 3.09. The summed E-state index contributed by atoms with van der Waals surface area (Å²) in [6.07, 6.45) is 9.46. The molecule has 0 unspecified atom stereocenters. The molecule has 0 heterocycles. The molecule has 7 nitrogen and oxygen atoms in total. The number of carbonyl (C=O) groups excluding carboxylic acids is 3. The summed E-state index contributed by atoms with van der Waals surface area (Å²) in [5.41, 5.74) is 1.45. The van der Waals surface area contributed by atoms with Crippen LogP contribution in [0.1, 0.15) is 85.0 Å². The Labute approximate surface area is 195 Å². The van der Waals surface area contributed by atoms with Crippen LogP contribution in [0, 0.1) is 28.6 Å². The molecular formula is C26H37NO6. The van der Waals surface area contributed by atoms with Gasteiger partial charge in [-0.25, -0.2) is 0 Å². The van der Waals surface area contributed by atoms with Crippen LogP contribution in [0.3, 0.4) is 0 Å². The first-order valence-corrected chi connectivity index (χ1v) is 12.5. The first-order valence-electron chi connectivity index (χ1n) is 12.5. The van der Waals surface area contributed by atoms with Gasteiger partial charge in [0.15, 0.2) is 5.78 Å². The number of esters is 1. The van der Waals surface area contributed by atoms with E-state index in [0.29, 0.717) is 24.2 Å². The Hall–Kier alpha value is -2.18. The number of nitrogens with one attached hydrogen (secondary N) is 1. The monoisotopic (exact) mass is 459 g/mol. The second-order valence-corrected chi connectivity index (χ2v) is 11.2. The van der Waals surface area contributed by atoms with Crippen LogP contribution in [0.2, 0.25) is 0 Å². The largest absolute Gasteiger partial charge is 0.480 e. The topological polar surface area (TPSA) is 110 Å². The number of carbonyl (C=O) groups is 4. The Kier molecular flexibility index (Phi) is 6.45. The summed E-state index contributed by atoms with van der Waals surface area (Å²) in [5, 5.41) is 11.3. The highest BCUT2D eigenvalue weighted by atomic mass is 16.5. The lowest BCUT2D eigenvalue weighted by atomic mass is 9.47. The van der Waals surface area contributed by atoms with Crippen LogP contribution in [0.15, 0.2) is 11.6 Å². The van der Waals surface area contributed by atoms with Crippen molar-refractivity contribution in [2.45, 2.75) is 97.1 Å². The van der Waals surface area contributed by atoms with Crippen LogP contribution in [-0.2, 0) is 23.9 Å². The van der Waals surface area contributed by atoms with Gasteiger partial charge in [0.2, 0.25) is 5.91 Å². The summed E-state index contributed by atoms with van der Waals surface area (Å²) < 4.78 is 5.92.